The third-order valence-corrected chi connectivity index (χ3v) is 8.23. The maximum atomic E-state index is 13.3. The Bertz CT molecular complexity index is 1190. The van der Waals surface area contributed by atoms with Crippen molar-refractivity contribution in [2.75, 3.05) is 13.2 Å². The summed E-state index contributed by atoms with van der Waals surface area (Å²) in [7, 11) is 0. The lowest BCUT2D eigenvalue weighted by Crippen LogP contribution is -2.42. The van der Waals surface area contributed by atoms with Gasteiger partial charge in [-0.3, -0.25) is 4.79 Å². The molecule has 33 heavy (non-hydrogen) atoms. The molecule has 6 rings (SSSR count). The Labute approximate surface area is 192 Å². The number of hydrogen-bond donors (Lipinski definition) is 1. The van der Waals surface area contributed by atoms with Crippen molar-refractivity contribution >= 4 is 11.9 Å². The van der Waals surface area contributed by atoms with Gasteiger partial charge in [0, 0.05) is 24.7 Å². The molecule has 1 saturated carbocycles. The number of carbonyl (C=O) groups is 2. The van der Waals surface area contributed by atoms with Crippen LogP contribution in [0.3, 0.4) is 0 Å². The van der Waals surface area contributed by atoms with E-state index >= 15 is 0 Å². The molecule has 9 heteroatoms. The quantitative estimate of drug-likeness (QED) is 0.610. The zero-order chi connectivity index (χ0) is 22.7. The standard InChI is InChI=1S/C24H28N6O3/c1-14-16(3-4-18-19(14)12-30-21(18)26-27-28-30)11-25-17-5-7-24(8-6-17)9-10-29(23(24)32)20-13-33-22(31)15(20)2/h3-4,17,25H,5-13H2,1-2H3/t17-,24-. The van der Waals surface area contributed by atoms with Gasteiger partial charge in [-0.15, -0.1) is 5.10 Å². The summed E-state index contributed by atoms with van der Waals surface area (Å²) in [5.41, 5.74) is 6.07. The molecular weight excluding hydrogens is 420 g/mol. The highest BCUT2D eigenvalue weighted by Gasteiger charge is 2.50. The molecule has 0 bridgehead atoms. The predicted octanol–water partition coefficient (Wildman–Crippen LogP) is 2.09. The van der Waals surface area contributed by atoms with Crippen molar-refractivity contribution in [3.63, 3.8) is 0 Å². The van der Waals surface area contributed by atoms with Gasteiger partial charge in [0.2, 0.25) is 5.91 Å². The van der Waals surface area contributed by atoms with E-state index in [1.165, 1.54) is 16.7 Å². The number of tetrazole rings is 1. The average Bonchev–Trinajstić information content (AvgIpc) is 3.56. The summed E-state index contributed by atoms with van der Waals surface area (Å²) >= 11 is 0. The number of likely N-dealkylation sites (tertiary alicyclic amines) is 1. The molecule has 1 N–H and O–H groups in total. The van der Waals surface area contributed by atoms with Crippen LogP contribution in [-0.4, -0.2) is 56.2 Å². The number of nitrogens with zero attached hydrogens (tertiary/aromatic N) is 5. The predicted molar refractivity (Wildman–Crippen MR) is 119 cm³/mol. The number of benzene rings is 1. The molecule has 4 heterocycles. The van der Waals surface area contributed by atoms with Crippen LogP contribution in [0.1, 0.15) is 55.7 Å². The van der Waals surface area contributed by atoms with Crippen LogP contribution in [0, 0.1) is 12.3 Å². The smallest absolute Gasteiger partial charge is 0.336 e. The molecule has 9 nitrogen and oxygen atoms in total. The fourth-order valence-corrected chi connectivity index (χ4v) is 5.98. The molecule has 2 fully saturated rings. The topological polar surface area (TPSA) is 102 Å². The summed E-state index contributed by atoms with van der Waals surface area (Å²) in [6, 6.07) is 4.71. The zero-order valence-electron chi connectivity index (χ0n) is 19.1. The van der Waals surface area contributed by atoms with Crippen LogP contribution < -0.4 is 5.32 Å². The minimum absolute atomic E-state index is 0.184. The van der Waals surface area contributed by atoms with E-state index < -0.39 is 0 Å². The van der Waals surface area contributed by atoms with E-state index in [2.05, 4.69) is 39.9 Å². The van der Waals surface area contributed by atoms with Gasteiger partial charge in [-0.2, -0.15) is 0 Å². The summed E-state index contributed by atoms with van der Waals surface area (Å²) in [6.07, 6.45) is 4.63. The average molecular weight is 449 g/mol. The molecule has 4 aliphatic rings. The molecule has 0 radical (unpaired) electrons. The number of fused-ring (bicyclic) bond motifs is 3. The summed E-state index contributed by atoms with van der Waals surface area (Å²) in [4.78, 5) is 26.9. The van der Waals surface area contributed by atoms with Gasteiger partial charge in [0.15, 0.2) is 5.82 Å². The van der Waals surface area contributed by atoms with Crippen molar-refractivity contribution in [3.05, 3.63) is 40.1 Å². The van der Waals surface area contributed by atoms with Crippen LogP contribution >= 0.6 is 0 Å². The molecule has 1 spiro atoms. The second kappa shape index (κ2) is 7.48. The number of carbonyl (C=O) groups excluding carboxylic acids is 2. The van der Waals surface area contributed by atoms with Crippen LogP contribution in [0.15, 0.2) is 23.4 Å². The molecule has 3 aliphatic heterocycles. The third-order valence-electron chi connectivity index (χ3n) is 8.23. The van der Waals surface area contributed by atoms with E-state index in [-0.39, 0.29) is 23.9 Å². The second-order valence-corrected chi connectivity index (χ2v) is 9.83. The first-order valence-electron chi connectivity index (χ1n) is 11.8. The van der Waals surface area contributed by atoms with E-state index in [1.807, 2.05) is 9.58 Å². The summed E-state index contributed by atoms with van der Waals surface area (Å²) in [5, 5.41) is 15.7. The number of cyclic esters (lactones) is 1. The Hall–Kier alpha value is -3.07. The van der Waals surface area contributed by atoms with Gasteiger partial charge in [0.25, 0.3) is 0 Å². The molecule has 1 aromatic heterocycles. The molecule has 1 aromatic carbocycles. The lowest BCUT2D eigenvalue weighted by molar-refractivity contribution is -0.138. The minimum Gasteiger partial charge on any atom is -0.456 e. The molecule has 1 aliphatic carbocycles. The van der Waals surface area contributed by atoms with Crippen LogP contribution in [0.4, 0.5) is 0 Å². The molecule has 0 unspecified atom stereocenters. The Balaban J connectivity index is 1.08. The molecule has 1 saturated heterocycles. The Kier molecular flexibility index (Phi) is 4.65. The highest BCUT2D eigenvalue weighted by molar-refractivity contribution is 5.94. The Morgan fingerprint density at radius 2 is 2.00 bits per heavy atom. The van der Waals surface area contributed by atoms with Gasteiger partial charge in [-0.25, -0.2) is 9.48 Å². The molecular formula is C24H28N6O3. The van der Waals surface area contributed by atoms with Crippen molar-refractivity contribution in [2.24, 2.45) is 5.41 Å². The fourth-order valence-electron chi connectivity index (χ4n) is 5.98. The van der Waals surface area contributed by atoms with Crippen molar-refractivity contribution in [2.45, 2.75) is 65.1 Å². The van der Waals surface area contributed by atoms with Crippen molar-refractivity contribution in [1.29, 1.82) is 0 Å². The Morgan fingerprint density at radius 1 is 1.18 bits per heavy atom. The lowest BCUT2D eigenvalue weighted by atomic mass is 9.71. The van der Waals surface area contributed by atoms with Crippen LogP contribution in [0.2, 0.25) is 0 Å². The molecule has 1 amide bonds. The normalized spacial score (nSPS) is 26.4. The maximum Gasteiger partial charge on any atom is 0.336 e. The van der Waals surface area contributed by atoms with Crippen LogP contribution in [0.25, 0.3) is 11.4 Å². The van der Waals surface area contributed by atoms with Crippen LogP contribution in [-0.2, 0) is 27.4 Å². The second-order valence-electron chi connectivity index (χ2n) is 9.83. The highest BCUT2D eigenvalue weighted by Crippen LogP contribution is 2.46. The molecule has 0 atom stereocenters. The van der Waals surface area contributed by atoms with E-state index in [9.17, 15) is 9.59 Å². The summed E-state index contributed by atoms with van der Waals surface area (Å²) in [5.74, 6) is 0.731. The largest absolute Gasteiger partial charge is 0.456 e. The number of nitrogens with one attached hydrogen (secondary N) is 1. The number of esters is 1. The van der Waals surface area contributed by atoms with Gasteiger partial charge >= 0.3 is 5.97 Å². The third kappa shape index (κ3) is 3.13. The number of ether oxygens (including phenoxy) is 1. The summed E-state index contributed by atoms with van der Waals surface area (Å²) < 4.78 is 6.98. The maximum absolute atomic E-state index is 13.3. The Morgan fingerprint density at radius 3 is 2.76 bits per heavy atom. The van der Waals surface area contributed by atoms with Crippen molar-refractivity contribution in [3.8, 4) is 11.4 Å². The van der Waals surface area contributed by atoms with Crippen LogP contribution in [0.5, 0.6) is 0 Å². The van der Waals surface area contributed by atoms with E-state index in [4.69, 9.17) is 4.74 Å². The van der Waals surface area contributed by atoms with Gasteiger partial charge in [0.1, 0.15) is 6.61 Å². The van der Waals surface area contributed by atoms with Crippen molar-refractivity contribution in [1.82, 2.24) is 30.4 Å². The van der Waals surface area contributed by atoms with E-state index in [0.717, 1.165) is 62.3 Å². The van der Waals surface area contributed by atoms with Crippen molar-refractivity contribution < 1.29 is 14.3 Å². The zero-order valence-corrected chi connectivity index (χ0v) is 19.1. The van der Waals surface area contributed by atoms with Gasteiger partial charge < -0.3 is 15.0 Å². The van der Waals surface area contributed by atoms with Gasteiger partial charge in [-0.1, -0.05) is 12.1 Å². The van der Waals surface area contributed by atoms with E-state index in [1.54, 1.807) is 6.92 Å². The fraction of sp³-hybridized carbons (Fsp3) is 0.542. The first kappa shape index (κ1) is 20.5. The number of aromatic nitrogens is 4. The number of rotatable bonds is 4. The monoisotopic (exact) mass is 448 g/mol. The molecule has 172 valence electrons. The number of amides is 1. The number of hydrogen-bond acceptors (Lipinski definition) is 7. The summed E-state index contributed by atoms with van der Waals surface area (Å²) in [6.45, 7) is 6.39. The van der Waals surface area contributed by atoms with Gasteiger partial charge in [-0.05, 0) is 73.1 Å². The van der Waals surface area contributed by atoms with Gasteiger partial charge in [0.05, 0.1) is 23.2 Å². The first-order chi connectivity index (χ1) is 16.0. The lowest BCUT2D eigenvalue weighted by Gasteiger charge is -2.36. The highest BCUT2D eigenvalue weighted by atomic mass is 16.5. The SMILES string of the molecule is CC1=C(N2CC[C@]3(CC[C@@H](NCc4ccc5c(c4C)Cn4nnnc4-5)CC3)C2=O)COC1=O. The van der Waals surface area contributed by atoms with E-state index in [0.29, 0.717) is 18.2 Å². The molecule has 2 aromatic rings. The first-order valence-corrected chi connectivity index (χ1v) is 11.8. The minimum atomic E-state index is -0.300.